The number of aliphatic carboxylic acids is 1. The molecule has 0 radical (unpaired) electrons. The number of hydrogen-bond donors (Lipinski definition) is 3. The number of nitrogens with one attached hydrogen (secondary N) is 2. The van der Waals surface area contributed by atoms with Crippen LogP contribution in [0, 0.1) is 5.92 Å². The van der Waals surface area contributed by atoms with Crippen molar-refractivity contribution in [3.05, 3.63) is 0 Å². The van der Waals surface area contributed by atoms with E-state index in [1.165, 1.54) is 12.8 Å². The number of carbonyl (C=O) groups is 2. The molecule has 1 aliphatic heterocycles. The summed E-state index contributed by atoms with van der Waals surface area (Å²) in [5.41, 5.74) is 0. The van der Waals surface area contributed by atoms with Gasteiger partial charge in [-0.25, -0.2) is 4.79 Å². The number of hydrogen-bond acceptors (Lipinski definition) is 3. The fourth-order valence-corrected chi connectivity index (χ4v) is 2.41. The van der Waals surface area contributed by atoms with Gasteiger partial charge in [-0.3, -0.25) is 4.79 Å². The van der Waals surface area contributed by atoms with Crippen molar-refractivity contribution in [1.29, 1.82) is 0 Å². The Morgan fingerprint density at radius 1 is 1.25 bits per heavy atom. The highest BCUT2D eigenvalue weighted by atomic mass is 16.4. The first-order valence-electron chi connectivity index (χ1n) is 7.48. The van der Waals surface area contributed by atoms with Crippen molar-refractivity contribution in [2.45, 2.75) is 45.6 Å². The second-order valence-corrected chi connectivity index (χ2v) is 5.69. The molecule has 1 fully saturated rings. The minimum atomic E-state index is -0.784. The third kappa shape index (κ3) is 6.75. The average Bonchev–Trinajstić information content (AvgIpc) is 2.86. The predicted octanol–water partition coefficient (Wildman–Crippen LogP) is 1.27. The van der Waals surface area contributed by atoms with Crippen LogP contribution >= 0.6 is 0 Å². The van der Waals surface area contributed by atoms with Crippen LogP contribution in [-0.4, -0.2) is 54.2 Å². The Morgan fingerprint density at radius 2 is 1.90 bits per heavy atom. The summed E-state index contributed by atoms with van der Waals surface area (Å²) >= 11 is 0. The maximum absolute atomic E-state index is 11.6. The second kappa shape index (κ2) is 8.79. The fraction of sp³-hybridized carbons (Fsp3) is 0.857. The van der Waals surface area contributed by atoms with Gasteiger partial charge in [0.05, 0.1) is 5.92 Å². The molecule has 0 aromatic carbocycles. The summed E-state index contributed by atoms with van der Waals surface area (Å²) in [6, 6.07) is -0.0364. The Hall–Kier alpha value is -1.30. The van der Waals surface area contributed by atoms with Crippen LogP contribution in [0.15, 0.2) is 0 Å². The van der Waals surface area contributed by atoms with Gasteiger partial charge in [-0.05, 0) is 45.7 Å². The van der Waals surface area contributed by atoms with E-state index in [1.807, 2.05) is 6.92 Å². The molecule has 1 heterocycles. The molecule has 3 N–H and O–H groups in total. The third-order valence-corrected chi connectivity index (χ3v) is 3.63. The van der Waals surface area contributed by atoms with E-state index in [9.17, 15) is 9.59 Å². The van der Waals surface area contributed by atoms with Gasteiger partial charge in [0.25, 0.3) is 0 Å². The lowest BCUT2D eigenvalue weighted by Crippen LogP contribution is -2.45. The molecule has 2 amide bonds. The van der Waals surface area contributed by atoms with Gasteiger partial charge in [0.1, 0.15) is 0 Å². The summed E-state index contributed by atoms with van der Waals surface area (Å²) in [6.07, 6.45) is 3.77. The topological polar surface area (TPSA) is 81.7 Å². The van der Waals surface area contributed by atoms with E-state index >= 15 is 0 Å². The van der Waals surface area contributed by atoms with Crippen LogP contribution in [0.2, 0.25) is 0 Å². The molecule has 0 spiro atoms. The standard InChI is InChI=1S/C14H27N3O3/c1-11(13(18)19)6-5-7-15-14(20)16-12(2)10-17-8-3-4-9-17/h11-12H,3-10H2,1-2H3,(H,18,19)(H2,15,16,20). The zero-order valence-electron chi connectivity index (χ0n) is 12.5. The molecule has 0 aliphatic carbocycles. The van der Waals surface area contributed by atoms with Gasteiger partial charge in [0, 0.05) is 19.1 Å². The van der Waals surface area contributed by atoms with Crippen molar-refractivity contribution in [1.82, 2.24) is 15.5 Å². The lowest BCUT2D eigenvalue weighted by atomic mass is 10.1. The number of amides is 2. The van der Waals surface area contributed by atoms with Crippen LogP contribution in [-0.2, 0) is 4.79 Å². The molecule has 0 saturated carbocycles. The van der Waals surface area contributed by atoms with Gasteiger partial charge in [0.2, 0.25) is 0 Å². The minimum absolute atomic E-state index is 0.131. The molecule has 0 aromatic rings. The summed E-state index contributed by atoms with van der Waals surface area (Å²) in [5.74, 6) is -1.14. The van der Waals surface area contributed by atoms with E-state index in [-0.39, 0.29) is 18.0 Å². The van der Waals surface area contributed by atoms with E-state index in [1.54, 1.807) is 6.92 Å². The zero-order valence-corrected chi connectivity index (χ0v) is 12.5. The number of urea groups is 1. The second-order valence-electron chi connectivity index (χ2n) is 5.69. The molecule has 0 aromatic heterocycles. The number of carboxylic acid groups (broad SMARTS) is 1. The Bertz CT molecular complexity index is 317. The van der Waals surface area contributed by atoms with Crippen molar-refractivity contribution in [3.63, 3.8) is 0 Å². The normalized spacial score (nSPS) is 18.5. The minimum Gasteiger partial charge on any atom is -0.481 e. The van der Waals surface area contributed by atoms with Crippen molar-refractivity contribution in [2.75, 3.05) is 26.2 Å². The van der Waals surface area contributed by atoms with Crippen molar-refractivity contribution >= 4 is 12.0 Å². The fourth-order valence-electron chi connectivity index (χ4n) is 2.41. The Labute approximate surface area is 120 Å². The Kier molecular flexibility index (Phi) is 7.36. The van der Waals surface area contributed by atoms with Crippen LogP contribution in [0.5, 0.6) is 0 Å². The maximum Gasteiger partial charge on any atom is 0.315 e. The van der Waals surface area contributed by atoms with Gasteiger partial charge >= 0.3 is 12.0 Å². The van der Waals surface area contributed by atoms with E-state index in [2.05, 4.69) is 15.5 Å². The first-order chi connectivity index (χ1) is 9.49. The number of carboxylic acids is 1. The number of nitrogens with zero attached hydrogens (tertiary/aromatic N) is 1. The zero-order chi connectivity index (χ0) is 15.0. The highest BCUT2D eigenvalue weighted by molar-refractivity contribution is 5.74. The molecule has 1 rings (SSSR count). The molecule has 2 unspecified atom stereocenters. The van der Waals surface area contributed by atoms with Crippen molar-refractivity contribution < 1.29 is 14.7 Å². The molecule has 20 heavy (non-hydrogen) atoms. The van der Waals surface area contributed by atoms with Crippen LogP contribution in [0.3, 0.4) is 0 Å². The summed E-state index contributed by atoms with van der Waals surface area (Å²) in [4.78, 5) is 24.6. The number of likely N-dealkylation sites (tertiary alicyclic amines) is 1. The van der Waals surface area contributed by atoms with Gasteiger partial charge in [0.15, 0.2) is 0 Å². The lowest BCUT2D eigenvalue weighted by molar-refractivity contribution is -0.141. The smallest absolute Gasteiger partial charge is 0.315 e. The molecule has 6 nitrogen and oxygen atoms in total. The lowest BCUT2D eigenvalue weighted by Gasteiger charge is -2.21. The van der Waals surface area contributed by atoms with Gasteiger partial charge in [-0.1, -0.05) is 6.92 Å². The quantitative estimate of drug-likeness (QED) is 0.587. The summed E-state index contributed by atoms with van der Waals surface area (Å²) < 4.78 is 0. The highest BCUT2D eigenvalue weighted by Crippen LogP contribution is 2.07. The first kappa shape index (κ1) is 16.8. The Morgan fingerprint density at radius 3 is 2.50 bits per heavy atom. The van der Waals surface area contributed by atoms with Crippen LogP contribution in [0.25, 0.3) is 0 Å². The van der Waals surface area contributed by atoms with Crippen LogP contribution in [0.4, 0.5) is 4.79 Å². The summed E-state index contributed by atoms with van der Waals surface area (Å²) in [5, 5.41) is 14.4. The van der Waals surface area contributed by atoms with E-state index < -0.39 is 5.97 Å². The predicted molar refractivity (Wildman–Crippen MR) is 77.7 cm³/mol. The SMILES string of the molecule is CC(CN1CCCC1)NC(=O)NCCCC(C)C(=O)O. The van der Waals surface area contributed by atoms with Gasteiger partial charge in [-0.15, -0.1) is 0 Å². The molecule has 1 aliphatic rings. The van der Waals surface area contributed by atoms with Crippen molar-refractivity contribution in [3.8, 4) is 0 Å². The van der Waals surface area contributed by atoms with Crippen molar-refractivity contribution in [2.24, 2.45) is 5.92 Å². The summed E-state index contributed by atoms with van der Waals surface area (Å²) in [7, 11) is 0. The van der Waals surface area contributed by atoms with Crippen LogP contribution < -0.4 is 10.6 Å². The Balaban J connectivity index is 2.05. The van der Waals surface area contributed by atoms with Gasteiger partial charge in [-0.2, -0.15) is 0 Å². The molecule has 0 bridgehead atoms. The van der Waals surface area contributed by atoms with Gasteiger partial charge < -0.3 is 20.6 Å². The third-order valence-electron chi connectivity index (χ3n) is 3.63. The highest BCUT2D eigenvalue weighted by Gasteiger charge is 2.16. The number of carbonyl (C=O) groups excluding carboxylic acids is 1. The molecule has 1 saturated heterocycles. The maximum atomic E-state index is 11.6. The molecule has 6 heteroatoms. The van der Waals surface area contributed by atoms with Crippen LogP contribution in [0.1, 0.15) is 39.5 Å². The monoisotopic (exact) mass is 285 g/mol. The summed E-state index contributed by atoms with van der Waals surface area (Å²) in [6.45, 7) is 7.34. The molecule has 2 atom stereocenters. The molecule has 116 valence electrons. The molecular formula is C14H27N3O3. The first-order valence-corrected chi connectivity index (χ1v) is 7.48. The van der Waals surface area contributed by atoms with E-state index in [4.69, 9.17) is 5.11 Å². The number of rotatable bonds is 8. The average molecular weight is 285 g/mol. The molecular weight excluding hydrogens is 258 g/mol. The van der Waals surface area contributed by atoms with E-state index in [0.29, 0.717) is 19.4 Å². The van der Waals surface area contributed by atoms with E-state index in [0.717, 1.165) is 19.6 Å². The largest absolute Gasteiger partial charge is 0.481 e.